The van der Waals surface area contributed by atoms with E-state index in [1.807, 2.05) is 0 Å². The van der Waals surface area contributed by atoms with Crippen LogP contribution in [0.2, 0.25) is 0 Å². The molecule has 0 unspecified atom stereocenters. The van der Waals surface area contributed by atoms with E-state index in [9.17, 15) is 9.18 Å². The summed E-state index contributed by atoms with van der Waals surface area (Å²) in [4.78, 5) is 13.5. The van der Waals surface area contributed by atoms with E-state index in [-0.39, 0.29) is 24.2 Å². The molecule has 0 spiro atoms. The molecule has 0 aromatic heterocycles. The Morgan fingerprint density at radius 1 is 1.50 bits per heavy atom. The van der Waals surface area contributed by atoms with Gasteiger partial charge in [-0.3, -0.25) is 4.79 Å². The van der Waals surface area contributed by atoms with Gasteiger partial charge in [-0.25, -0.2) is 4.39 Å². The summed E-state index contributed by atoms with van der Waals surface area (Å²) >= 11 is 0. The molecule has 2 rings (SSSR count). The van der Waals surface area contributed by atoms with Gasteiger partial charge >= 0.3 is 0 Å². The fraction of sp³-hybridized carbons (Fsp3) is 0.417. The maximum absolute atomic E-state index is 13.3. The van der Waals surface area contributed by atoms with E-state index in [1.165, 1.54) is 6.07 Å². The number of carbonyl (C=O) groups excluding carboxylic acids is 1. The Morgan fingerprint density at radius 3 is 2.75 bits per heavy atom. The number of halogens is 1. The minimum Gasteiger partial charge on any atom is -0.340 e. The average molecular weight is 222 g/mol. The van der Waals surface area contributed by atoms with Crippen molar-refractivity contribution < 1.29 is 9.18 Å². The van der Waals surface area contributed by atoms with Gasteiger partial charge in [0, 0.05) is 20.1 Å². The van der Waals surface area contributed by atoms with Crippen molar-refractivity contribution in [2.24, 2.45) is 0 Å². The van der Waals surface area contributed by atoms with Crippen LogP contribution in [-0.4, -0.2) is 37.0 Å². The van der Waals surface area contributed by atoms with Gasteiger partial charge in [-0.1, -0.05) is 18.2 Å². The summed E-state index contributed by atoms with van der Waals surface area (Å²) in [6.07, 6.45) is 0.139. The molecule has 0 aliphatic carbocycles. The van der Waals surface area contributed by atoms with Crippen LogP contribution >= 0.6 is 0 Å². The molecular formula is C12H15FN2O. The summed E-state index contributed by atoms with van der Waals surface area (Å²) in [5.74, 6) is -0.340. The highest BCUT2D eigenvalue weighted by Gasteiger charge is 2.25. The summed E-state index contributed by atoms with van der Waals surface area (Å²) in [6, 6.07) is 6.67. The topological polar surface area (TPSA) is 32.3 Å². The van der Waals surface area contributed by atoms with Crippen molar-refractivity contribution >= 4 is 5.91 Å². The second-order valence-electron chi connectivity index (χ2n) is 4.08. The number of carbonyl (C=O) groups is 1. The molecule has 1 heterocycles. The molecule has 0 saturated carbocycles. The van der Waals surface area contributed by atoms with E-state index in [2.05, 4.69) is 5.32 Å². The lowest BCUT2D eigenvalue weighted by atomic mass is 10.1. The highest BCUT2D eigenvalue weighted by atomic mass is 19.1. The van der Waals surface area contributed by atoms with Crippen molar-refractivity contribution in [1.29, 1.82) is 0 Å². The fourth-order valence-corrected chi connectivity index (χ4v) is 1.68. The molecular weight excluding hydrogens is 207 g/mol. The molecule has 1 aliphatic rings. The third-order valence-corrected chi connectivity index (χ3v) is 3.00. The van der Waals surface area contributed by atoms with Gasteiger partial charge in [0.05, 0.1) is 12.5 Å². The molecule has 1 aromatic rings. The molecule has 1 aliphatic heterocycles. The fourth-order valence-electron chi connectivity index (χ4n) is 1.68. The lowest BCUT2D eigenvalue weighted by Crippen LogP contribution is -2.57. The van der Waals surface area contributed by atoms with Crippen LogP contribution in [0, 0.1) is 5.82 Å². The number of nitrogens with one attached hydrogen (secondary N) is 1. The highest BCUT2D eigenvalue weighted by Crippen LogP contribution is 2.10. The molecule has 1 aromatic carbocycles. The minimum absolute atomic E-state index is 0.0309. The summed E-state index contributed by atoms with van der Waals surface area (Å²) in [5.41, 5.74) is 0.464. The van der Waals surface area contributed by atoms with Crippen LogP contribution in [0.15, 0.2) is 24.3 Å². The number of benzene rings is 1. The smallest absolute Gasteiger partial charge is 0.227 e. The first-order valence-corrected chi connectivity index (χ1v) is 5.38. The quantitative estimate of drug-likeness (QED) is 0.820. The summed E-state index contributed by atoms with van der Waals surface area (Å²) in [6.45, 7) is 1.67. The first-order valence-electron chi connectivity index (χ1n) is 5.38. The molecule has 0 radical (unpaired) electrons. The number of rotatable bonds is 3. The van der Waals surface area contributed by atoms with Crippen molar-refractivity contribution in [2.75, 3.05) is 20.1 Å². The lowest BCUT2D eigenvalue weighted by molar-refractivity contribution is -0.132. The molecule has 1 N–H and O–H groups in total. The zero-order chi connectivity index (χ0) is 11.5. The van der Waals surface area contributed by atoms with Gasteiger partial charge in [-0.2, -0.15) is 0 Å². The molecule has 16 heavy (non-hydrogen) atoms. The minimum atomic E-state index is -0.309. The Hall–Kier alpha value is -1.42. The van der Waals surface area contributed by atoms with Gasteiger partial charge in [-0.05, 0) is 11.6 Å². The standard InChI is InChI=1S/C12H15FN2O/c1-15(10-7-14-8-10)12(16)6-9-4-2-3-5-11(9)13/h2-5,10,14H,6-8H2,1H3. The number of hydrogen-bond acceptors (Lipinski definition) is 2. The maximum atomic E-state index is 13.3. The van der Waals surface area contributed by atoms with E-state index < -0.39 is 0 Å². The van der Waals surface area contributed by atoms with E-state index >= 15 is 0 Å². The Balaban J connectivity index is 1.99. The second-order valence-corrected chi connectivity index (χ2v) is 4.08. The zero-order valence-electron chi connectivity index (χ0n) is 9.24. The van der Waals surface area contributed by atoms with Crippen LogP contribution in [0.1, 0.15) is 5.56 Å². The molecule has 0 bridgehead atoms. The predicted octanol–water partition coefficient (Wildman–Crippen LogP) is 0.798. The van der Waals surface area contributed by atoms with E-state index in [1.54, 1.807) is 30.1 Å². The number of amides is 1. The zero-order valence-corrected chi connectivity index (χ0v) is 9.24. The summed E-state index contributed by atoms with van der Waals surface area (Å²) in [7, 11) is 1.77. The SMILES string of the molecule is CN(C(=O)Cc1ccccc1F)C1CNC1. The third kappa shape index (κ3) is 2.22. The Kier molecular flexibility index (Phi) is 3.19. The van der Waals surface area contributed by atoms with Crippen LogP contribution in [-0.2, 0) is 11.2 Å². The maximum Gasteiger partial charge on any atom is 0.227 e. The molecule has 3 nitrogen and oxygen atoms in total. The molecule has 1 fully saturated rings. The normalized spacial score (nSPS) is 15.6. The largest absolute Gasteiger partial charge is 0.340 e. The van der Waals surface area contributed by atoms with Crippen molar-refractivity contribution in [3.8, 4) is 0 Å². The van der Waals surface area contributed by atoms with Crippen LogP contribution in [0.3, 0.4) is 0 Å². The molecule has 4 heteroatoms. The number of hydrogen-bond donors (Lipinski definition) is 1. The monoisotopic (exact) mass is 222 g/mol. The van der Waals surface area contributed by atoms with Crippen LogP contribution < -0.4 is 5.32 Å². The first kappa shape index (κ1) is 11.1. The van der Waals surface area contributed by atoms with Gasteiger partial charge < -0.3 is 10.2 Å². The third-order valence-electron chi connectivity index (χ3n) is 3.00. The van der Waals surface area contributed by atoms with Crippen LogP contribution in [0.25, 0.3) is 0 Å². The Labute approximate surface area is 94.3 Å². The van der Waals surface area contributed by atoms with Crippen molar-refractivity contribution in [3.05, 3.63) is 35.6 Å². The van der Waals surface area contributed by atoms with Crippen molar-refractivity contribution in [3.63, 3.8) is 0 Å². The van der Waals surface area contributed by atoms with Gasteiger partial charge in [0.15, 0.2) is 0 Å². The molecule has 1 saturated heterocycles. The van der Waals surface area contributed by atoms with Gasteiger partial charge in [0.25, 0.3) is 0 Å². The highest BCUT2D eigenvalue weighted by molar-refractivity contribution is 5.79. The van der Waals surface area contributed by atoms with Gasteiger partial charge in [-0.15, -0.1) is 0 Å². The van der Waals surface area contributed by atoms with Crippen LogP contribution in [0.4, 0.5) is 4.39 Å². The van der Waals surface area contributed by atoms with Crippen molar-refractivity contribution in [1.82, 2.24) is 10.2 Å². The van der Waals surface area contributed by atoms with Gasteiger partial charge in [0.2, 0.25) is 5.91 Å². The van der Waals surface area contributed by atoms with E-state index in [0.29, 0.717) is 5.56 Å². The Bertz CT molecular complexity index is 390. The summed E-state index contributed by atoms with van der Waals surface area (Å²) < 4.78 is 13.3. The molecule has 1 amide bonds. The number of nitrogens with zero attached hydrogens (tertiary/aromatic N) is 1. The summed E-state index contributed by atoms with van der Waals surface area (Å²) in [5, 5.41) is 3.10. The second kappa shape index (κ2) is 4.61. The average Bonchev–Trinajstić information content (AvgIpc) is 2.18. The lowest BCUT2D eigenvalue weighted by Gasteiger charge is -2.35. The molecule has 0 atom stereocenters. The number of likely N-dealkylation sites (N-methyl/N-ethyl adjacent to an activating group) is 1. The van der Waals surface area contributed by atoms with Crippen LogP contribution in [0.5, 0.6) is 0 Å². The molecule has 86 valence electrons. The Morgan fingerprint density at radius 2 is 2.19 bits per heavy atom. The van der Waals surface area contributed by atoms with Crippen molar-refractivity contribution in [2.45, 2.75) is 12.5 Å². The first-order chi connectivity index (χ1) is 7.68. The van der Waals surface area contributed by atoms with Gasteiger partial charge in [0.1, 0.15) is 5.82 Å². The predicted molar refractivity (Wildman–Crippen MR) is 59.5 cm³/mol. The van der Waals surface area contributed by atoms with E-state index in [0.717, 1.165) is 13.1 Å². The van der Waals surface area contributed by atoms with E-state index in [4.69, 9.17) is 0 Å².